The first-order chi connectivity index (χ1) is 13.7. The molecule has 1 atom stereocenters. The zero-order valence-corrected chi connectivity index (χ0v) is 18.0. The molecular weight excluding hydrogens is 388 g/mol. The molecule has 0 unspecified atom stereocenters. The number of hydrogen-bond acceptors (Lipinski definition) is 4. The second-order valence-electron chi connectivity index (χ2n) is 7.58. The van der Waals surface area contributed by atoms with Gasteiger partial charge in [-0.1, -0.05) is 18.2 Å². The van der Waals surface area contributed by atoms with Gasteiger partial charge in [0.1, 0.15) is 0 Å². The van der Waals surface area contributed by atoms with Crippen LogP contribution in [-0.2, 0) is 21.3 Å². The van der Waals surface area contributed by atoms with Gasteiger partial charge in [0, 0.05) is 18.7 Å². The van der Waals surface area contributed by atoms with Crippen molar-refractivity contribution in [2.24, 2.45) is 0 Å². The third kappa shape index (κ3) is 5.58. The van der Waals surface area contributed by atoms with Crippen molar-refractivity contribution in [1.82, 2.24) is 5.32 Å². The molecule has 3 rings (SSSR count). The minimum absolute atomic E-state index is 0.0968. The lowest BCUT2D eigenvalue weighted by Gasteiger charge is -2.23. The molecule has 1 amide bonds. The number of ether oxygens (including phenoxy) is 1. The predicted octanol–water partition coefficient (Wildman–Crippen LogP) is 3.18. The Morgan fingerprint density at radius 1 is 1.14 bits per heavy atom. The quantitative estimate of drug-likeness (QED) is 0.752. The van der Waals surface area contributed by atoms with Crippen LogP contribution in [0.2, 0.25) is 0 Å². The molecule has 0 aromatic heterocycles. The van der Waals surface area contributed by atoms with Gasteiger partial charge in [-0.05, 0) is 67.6 Å². The van der Waals surface area contributed by atoms with Crippen LogP contribution in [0.5, 0.6) is 0 Å². The molecule has 1 saturated heterocycles. The van der Waals surface area contributed by atoms with Crippen molar-refractivity contribution in [3.63, 3.8) is 0 Å². The maximum Gasteiger partial charge on any atom is 0.251 e. The Bertz CT molecular complexity index is 965. The fraction of sp³-hybridized carbons (Fsp3) is 0.409. The SMILES string of the molecule is Cc1ccc(N(Cc2ccc(C(=O)NC[C@@H]3CCCO3)cc2)S(C)(=O)=O)cc1C. The number of anilines is 1. The van der Waals surface area contributed by atoms with E-state index in [4.69, 9.17) is 4.74 Å². The number of aryl methyl sites for hydroxylation is 2. The van der Waals surface area contributed by atoms with Crippen LogP contribution in [0.25, 0.3) is 0 Å². The van der Waals surface area contributed by atoms with Crippen LogP contribution in [0, 0.1) is 13.8 Å². The third-order valence-electron chi connectivity index (χ3n) is 5.24. The van der Waals surface area contributed by atoms with E-state index in [1.54, 1.807) is 24.3 Å². The van der Waals surface area contributed by atoms with Gasteiger partial charge in [0.15, 0.2) is 0 Å². The number of carbonyl (C=O) groups is 1. The molecule has 29 heavy (non-hydrogen) atoms. The zero-order chi connectivity index (χ0) is 21.0. The van der Waals surface area contributed by atoms with Gasteiger partial charge in [-0.25, -0.2) is 8.42 Å². The van der Waals surface area contributed by atoms with Gasteiger partial charge < -0.3 is 10.1 Å². The average molecular weight is 417 g/mol. The van der Waals surface area contributed by atoms with Gasteiger partial charge in [0.05, 0.1) is 24.6 Å². The molecule has 0 saturated carbocycles. The van der Waals surface area contributed by atoms with Crippen molar-refractivity contribution in [3.05, 3.63) is 64.7 Å². The number of nitrogens with one attached hydrogen (secondary N) is 1. The first-order valence-corrected chi connectivity index (χ1v) is 11.6. The summed E-state index contributed by atoms with van der Waals surface area (Å²) in [6.07, 6.45) is 3.31. The molecule has 156 valence electrons. The van der Waals surface area contributed by atoms with Crippen LogP contribution in [0.4, 0.5) is 5.69 Å². The van der Waals surface area contributed by atoms with Crippen molar-refractivity contribution in [2.75, 3.05) is 23.7 Å². The first kappa shape index (κ1) is 21.3. The van der Waals surface area contributed by atoms with E-state index in [0.717, 1.165) is 36.1 Å². The van der Waals surface area contributed by atoms with E-state index in [1.807, 2.05) is 32.0 Å². The van der Waals surface area contributed by atoms with Crippen molar-refractivity contribution >= 4 is 21.6 Å². The van der Waals surface area contributed by atoms with Crippen molar-refractivity contribution in [3.8, 4) is 0 Å². The second kappa shape index (κ2) is 8.97. The summed E-state index contributed by atoms with van der Waals surface area (Å²) in [6.45, 7) is 5.43. The number of sulfonamides is 1. The lowest BCUT2D eigenvalue weighted by molar-refractivity contribution is 0.0858. The van der Waals surface area contributed by atoms with E-state index in [-0.39, 0.29) is 18.6 Å². The van der Waals surface area contributed by atoms with Gasteiger partial charge in [0.2, 0.25) is 10.0 Å². The smallest absolute Gasteiger partial charge is 0.251 e. The molecule has 0 bridgehead atoms. The van der Waals surface area contributed by atoms with Crippen molar-refractivity contribution in [2.45, 2.75) is 39.3 Å². The Hall–Kier alpha value is -2.38. The predicted molar refractivity (Wildman–Crippen MR) is 115 cm³/mol. The summed E-state index contributed by atoms with van der Waals surface area (Å²) < 4.78 is 31.6. The van der Waals surface area contributed by atoms with Crippen LogP contribution in [0.3, 0.4) is 0 Å². The Kier molecular flexibility index (Phi) is 6.59. The summed E-state index contributed by atoms with van der Waals surface area (Å²) in [5, 5.41) is 2.89. The molecule has 1 heterocycles. The van der Waals surface area contributed by atoms with E-state index in [2.05, 4.69) is 5.32 Å². The van der Waals surface area contributed by atoms with Crippen LogP contribution >= 0.6 is 0 Å². The standard InChI is InChI=1S/C22H28N2O4S/c1-16-6-11-20(13-17(16)2)24(29(3,26)27)15-18-7-9-19(10-8-18)22(25)23-14-21-5-4-12-28-21/h6-11,13,21H,4-5,12,14-15H2,1-3H3,(H,23,25)/t21-/m0/s1. The number of rotatable bonds is 7. The van der Waals surface area contributed by atoms with E-state index < -0.39 is 10.0 Å². The minimum atomic E-state index is -3.45. The summed E-state index contributed by atoms with van der Waals surface area (Å²) in [4.78, 5) is 12.3. The highest BCUT2D eigenvalue weighted by Gasteiger charge is 2.19. The minimum Gasteiger partial charge on any atom is -0.376 e. The van der Waals surface area contributed by atoms with E-state index in [9.17, 15) is 13.2 Å². The van der Waals surface area contributed by atoms with Crippen molar-refractivity contribution in [1.29, 1.82) is 0 Å². The number of carbonyl (C=O) groups excluding carboxylic acids is 1. The maximum atomic E-state index is 12.4. The summed E-state index contributed by atoms with van der Waals surface area (Å²) in [5.74, 6) is -0.152. The fourth-order valence-corrected chi connectivity index (χ4v) is 4.20. The summed E-state index contributed by atoms with van der Waals surface area (Å²) >= 11 is 0. The van der Waals surface area contributed by atoms with Crippen molar-refractivity contribution < 1.29 is 17.9 Å². The Labute approximate surface area is 172 Å². The Morgan fingerprint density at radius 2 is 1.86 bits per heavy atom. The molecule has 2 aromatic rings. The van der Waals surface area contributed by atoms with Crippen LogP contribution in [-0.4, -0.2) is 39.8 Å². The lowest BCUT2D eigenvalue weighted by atomic mass is 10.1. The van der Waals surface area contributed by atoms with Gasteiger partial charge in [0.25, 0.3) is 5.91 Å². The van der Waals surface area contributed by atoms with Gasteiger partial charge in [-0.3, -0.25) is 9.10 Å². The van der Waals surface area contributed by atoms with Gasteiger partial charge in [-0.15, -0.1) is 0 Å². The maximum absolute atomic E-state index is 12.4. The monoisotopic (exact) mass is 416 g/mol. The summed E-state index contributed by atoms with van der Waals surface area (Å²) in [5.41, 5.74) is 4.14. The molecule has 1 aliphatic rings. The van der Waals surface area contributed by atoms with Crippen LogP contribution in [0.1, 0.15) is 39.9 Å². The molecule has 6 nitrogen and oxygen atoms in total. The second-order valence-corrected chi connectivity index (χ2v) is 9.49. The average Bonchev–Trinajstić information content (AvgIpc) is 3.20. The lowest BCUT2D eigenvalue weighted by Crippen LogP contribution is -2.31. The molecule has 2 aromatic carbocycles. The topological polar surface area (TPSA) is 75.7 Å². The molecule has 0 aliphatic carbocycles. The number of hydrogen-bond donors (Lipinski definition) is 1. The number of amides is 1. The van der Waals surface area contributed by atoms with E-state index >= 15 is 0 Å². The van der Waals surface area contributed by atoms with E-state index in [0.29, 0.717) is 17.8 Å². The summed E-state index contributed by atoms with van der Waals surface area (Å²) in [6, 6.07) is 12.6. The zero-order valence-electron chi connectivity index (χ0n) is 17.1. The molecule has 1 fully saturated rings. The highest BCUT2D eigenvalue weighted by Crippen LogP contribution is 2.23. The van der Waals surface area contributed by atoms with Gasteiger partial charge in [-0.2, -0.15) is 0 Å². The largest absolute Gasteiger partial charge is 0.376 e. The third-order valence-corrected chi connectivity index (χ3v) is 6.38. The van der Waals surface area contributed by atoms with Crippen LogP contribution in [0.15, 0.2) is 42.5 Å². The van der Waals surface area contributed by atoms with Gasteiger partial charge >= 0.3 is 0 Å². The normalized spacial score (nSPS) is 16.6. The highest BCUT2D eigenvalue weighted by molar-refractivity contribution is 7.92. The Morgan fingerprint density at radius 3 is 2.45 bits per heavy atom. The van der Waals surface area contributed by atoms with E-state index in [1.165, 1.54) is 10.6 Å². The van der Waals surface area contributed by atoms with Crippen LogP contribution < -0.4 is 9.62 Å². The number of benzene rings is 2. The Balaban J connectivity index is 1.70. The highest BCUT2D eigenvalue weighted by atomic mass is 32.2. The molecule has 1 N–H and O–H groups in total. The molecule has 0 radical (unpaired) electrons. The summed E-state index contributed by atoms with van der Waals surface area (Å²) in [7, 11) is -3.45. The first-order valence-electron chi connectivity index (χ1n) is 9.78. The molecule has 1 aliphatic heterocycles. The molecule has 0 spiro atoms. The molecular formula is C22H28N2O4S. The number of nitrogens with zero attached hydrogens (tertiary/aromatic N) is 1. The molecule has 7 heteroatoms. The fourth-order valence-electron chi connectivity index (χ4n) is 3.32.